The summed E-state index contributed by atoms with van der Waals surface area (Å²) in [5.41, 5.74) is 0. The fourth-order valence-electron chi connectivity index (χ4n) is 6.98. The minimum atomic E-state index is -4.16. The van der Waals surface area contributed by atoms with Crippen molar-refractivity contribution in [3.63, 3.8) is 0 Å². The lowest BCUT2D eigenvalue weighted by Crippen LogP contribution is -2.65. The first-order chi connectivity index (χ1) is 17.2. The van der Waals surface area contributed by atoms with Crippen molar-refractivity contribution in [2.75, 3.05) is 52.7 Å². The van der Waals surface area contributed by atoms with E-state index in [0.717, 1.165) is 0 Å². The van der Waals surface area contributed by atoms with E-state index in [1.807, 2.05) is 19.0 Å². The van der Waals surface area contributed by atoms with Gasteiger partial charge in [-0.2, -0.15) is 13.2 Å². The summed E-state index contributed by atoms with van der Waals surface area (Å²) >= 11 is 1.45. The quantitative estimate of drug-likeness (QED) is 0.445. The van der Waals surface area contributed by atoms with Crippen molar-refractivity contribution < 1.29 is 31.1 Å². The number of halogens is 4. The Hall–Kier alpha value is -0.220. The van der Waals surface area contributed by atoms with Gasteiger partial charge >= 0.3 is 6.18 Å². The molecule has 3 N–H and O–H groups in total. The van der Waals surface area contributed by atoms with Gasteiger partial charge in [0.05, 0.1) is 30.4 Å². The van der Waals surface area contributed by atoms with Gasteiger partial charge in [0.15, 0.2) is 0 Å². The highest BCUT2D eigenvalue weighted by atomic mass is 32.2. The summed E-state index contributed by atoms with van der Waals surface area (Å²) in [6, 6.07) is 0. The van der Waals surface area contributed by atoms with Crippen LogP contribution in [0.1, 0.15) is 38.5 Å². The molecule has 4 rings (SSSR count). The summed E-state index contributed by atoms with van der Waals surface area (Å²) in [7, 11) is 0.367. The Kier molecular flexibility index (Phi) is 9.42. The second kappa shape index (κ2) is 11.7. The van der Waals surface area contributed by atoms with Crippen LogP contribution in [0, 0.1) is 17.8 Å². The maximum absolute atomic E-state index is 14.8. The number of nitrogens with two attached hydrogens (primary N) is 1. The molecular formula is C23H41F4N5O3S2. The smallest absolute Gasteiger partial charge is 0.378 e. The van der Waals surface area contributed by atoms with E-state index in [2.05, 4.69) is 14.7 Å². The maximum atomic E-state index is 14.8. The van der Waals surface area contributed by atoms with Gasteiger partial charge in [-0.3, -0.25) is 19.6 Å². The van der Waals surface area contributed by atoms with Gasteiger partial charge in [-0.1, -0.05) is 0 Å². The molecule has 3 saturated heterocycles. The van der Waals surface area contributed by atoms with E-state index < -0.39 is 40.3 Å². The molecule has 0 amide bonds. The number of sulfonamides is 1. The number of rotatable bonds is 7. The summed E-state index contributed by atoms with van der Waals surface area (Å²) in [6.45, 7) is 3.28. The predicted molar refractivity (Wildman–Crippen MR) is 136 cm³/mol. The number of thioether (sulfide) groups is 1. The molecule has 0 aromatic carbocycles. The second-order valence-corrected chi connectivity index (χ2v) is 14.6. The van der Waals surface area contributed by atoms with Crippen molar-refractivity contribution in [1.82, 2.24) is 19.6 Å². The molecule has 14 heteroatoms. The zero-order valence-electron chi connectivity index (χ0n) is 21.6. The topological polar surface area (TPSA) is 93.3 Å². The van der Waals surface area contributed by atoms with E-state index in [9.17, 15) is 31.1 Å². The van der Waals surface area contributed by atoms with Gasteiger partial charge in [-0.15, -0.1) is 11.8 Å². The first kappa shape index (κ1) is 29.8. The third kappa shape index (κ3) is 7.71. The van der Waals surface area contributed by atoms with Crippen LogP contribution in [0.15, 0.2) is 0 Å². The van der Waals surface area contributed by atoms with Gasteiger partial charge in [-0.25, -0.2) is 17.9 Å². The molecule has 216 valence electrons. The van der Waals surface area contributed by atoms with Gasteiger partial charge in [0.2, 0.25) is 10.0 Å². The molecule has 8 nitrogen and oxygen atoms in total. The first-order valence-electron chi connectivity index (χ1n) is 13.1. The SMILES string of the molecule is CN1CN(C)C(N2CCN(C(O)CC3CCC(CS(N)(=O)=O)CC3F)CC2)C2CC(CC(F)(F)F)SC21. The Morgan fingerprint density at radius 3 is 2.35 bits per heavy atom. The number of fused-ring (bicyclic) bond motifs is 1. The molecule has 4 fully saturated rings. The Morgan fingerprint density at radius 2 is 1.76 bits per heavy atom. The Bertz CT molecular complexity index is 877. The molecule has 1 saturated carbocycles. The lowest BCUT2D eigenvalue weighted by atomic mass is 9.79. The van der Waals surface area contributed by atoms with E-state index in [-0.39, 0.29) is 41.5 Å². The van der Waals surface area contributed by atoms with Crippen LogP contribution in [0.25, 0.3) is 0 Å². The Labute approximate surface area is 221 Å². The average Bonchev–Trinajstić information content (AvgIpc) is 3.17. The minimum absolute atomic E-state index is 0.0514. The molecule has 3 aliphatic heterocycles. The van der Waals surface area contributed by atoms with E-state index in [1.165, 1.54) is 11.8 Å². The largest absolute Gasteiger partial charge is 0.390 e. The number of hydrogen-bond acceptors (Lipinski definition) is 8. The predicted octanol–water partition coefficient (Wildman–Crippen LogP) is 1.92. The molecule has 0 radical (unpaired) electrons. The third-order valence-corrected chi connectivity index (χ3v) is 11.2. The van der Waals surface area contributed by atoms with Crippen LogP contribution in [0.2, 0.25) is 0 Å². The van der Waals surface area contributed by atoms with Gasteiger partial charge in [0.1, 0.15) is 12.4 Å². The summed E-state index contributed by atoms with van der Waals surface area (Å²) in [6.07, 6.45) is -4.70. The maximum Gasteiger partial charge on any atom is 0.390 e. The van der Waals surface area contributed by atoms with E-state index in [1.54, 1.807) is 0 Å². The fourth-order valence-corrected chi connectivity index (χ4v) is 9.68. The minimum Gasteiger partial charge on any atom is -0.378 e. The Morgan fingerprint density at radius 1 is 1.08 bits per heavy atom. The molecule has 3 heterocycles. The molecule has 0 aromatic heterocycles. The number of hydrogen-bond donors (Lipinski definition) is 2. The second-order valence-electron chi connectivity index (χ2n) is 11.5. The summed E-state index contributed by atoms with van der Waals surface area (Å²) < 4.78 is 76.7. The highest BCUT2D eigenvalue weighted by molar-refractivity contribution is 8.00. The lowest BCUT2D eigenvalue weighted by Gasteiger charge is -2.52. The van der Waals surface area contributed by atoms with E-state index in [0.29, 0.717) is 58.5 Å². The van der Waals surface area contributed by atoms with Gasteiger partial charge < -0.3 is 5.11 Å². The number of aliphatic hydroxyl groups is 1. The molecule has 37 heavy (non-hydrogen) atoms. The highest BCUT2D eigenvalue weighted by Crippen LogP contribution is 2.48. The van der Waals surface area contributed by atoms with Gasteiger partial charge in [-0.05, 0) is 58.0 Å². The number of alkyl halides is 4. The van der Waals surface area contributed by atoms with Crippen LogP contribution in [0.5, 0.6) is 0 Å². The number of primary sulfonamides is 1. The molecular weight excluding hydrogens is 534 g/mol. The van der Waals surface area contributed by atoms with Crippen molar-refractivity contribution in [1.29, 1.82) is 0 Å². The fraction of sp³-hybridized carbons (Fsp3) is 1.00. The third-order valence-electron chi connectivity index (χ3n) is 8.55. The van der Waals surface area contributed by atoms with Crippen LogP contribution in [0.3, 0.4) is 0 Å². The van der Waals surface area contributed by atoms with Crippen molar-refractivity contribution in [3.05, 3.63) is 0 Å². The van der Waals surface area contributed by atoms with Crippen LogP contribution in [-0.2, 0) is 10.0 Å². The van der Waals surface area contributed by atoms with Crippen molar-refractivity contribution in [2.45, 2.75) is 73.9 Å². The average molecular weight is 576 g/mol. The molecule has 0 spiro atoms. The Balaban J connectivity index is 1.29. The molecule has 0 bridgehead atoms. The first-order valence-corrected chi connectivity index (χ1v) is 15.8. The van der Waals surface area contributed by atoms with Crippen LogP contribution in [-0.4, -0.2) is 121 Å². The zero-order chi connectivity index (χ0) is 27.1. The van der Waals surface area contributed by atoms with Crippen molar-refractivity contribution in [3.8, 4) is 0 Å². The number of aliphatic hydroxyl groups excluding tert-OH is 1. The highest BCUT2D eigenvalue weighted by Gasteiger charge is 2.50. The normalized spacial score (nSPS) is 38.5. The molecule has 8 atom stereocenters. The van der Waals surface area contributed by atoms with Crippen LogP contribution in [0.4, 0.5) is 17.6 Å². The van der Waals surface area contributed by atoms with Crippen LogP contribution >= 0.6 is 11.8 Å². The summed E-state index contributed by atoms with van der Waals surface area (Å²) in [4.78, 5) is 8.66. The molecule has 0 aromatic rings. The number of piperazine rings is 1. The van der Waals surface area contributed by atoms with Crippen molar-refractivity contribution in [2.24, 2.45) is 22.9 Å². The molecule has 8 unspecified atom stereocenters. The van der Waals surface area contributed by atoms with Crippen LogP contribution < -0.4 is 5.14 Å². The van der Waals surface area contributed by atoms with Gasteiger partial charge in [0.25, 0.3) is 0 Å². The van der Waals surface area contributed by atoms with E-state index in [4.69, 9.17) is 5.14 Å². The van der Waals surface area contributed by atoms with Gasteiger partial charge in [0, 0.05) is 37.3 Å². The monoisotopic (exact) mass is 575 g/mol. The molecule has 1 aliphatic carbocycles. The van der Waals surface area contributed by atoms with Crippen molar-refractivity contribution >= 4 is 21.8 Å². The summed E-state index contributed by atoms with van der Waals surface area (Å²) in [5.74, 6) is -0.682. The molecule has 4 aliphatic rings. The lowest BCUT2D eigenvalue weighted by molar-refractivity contribution is -0.136. The summed E-state index contributed by atoms with van der Waals surface area (Å²) in [5, 5.41) is 15.6. The standard InChI is InChI=1S/C23H41F4N5O3S2/c1-29-14-30(2)22-18(11-17(36-22)12-23(25,26)27)21(29)32-7-5-31(6-8-32)20(33)10-16-4-3-15(9-19(16)24)13-37(28,34)35/h15-22,33H,3-14H2,1-2H3,(H2,28,34,35). The number of nitrogens with zero attached hydrogens (tertiary/aromatic N) is 4. The van der Waals surface area contributed by atoms with E-state index >= 15 is 0 Å². The zero-order valence-corrected chi connectivity index (χ0v) is 23.2.